The van der Waals surface area contributed by atoms with Crippen LogP contribution < -0.4 is 5.32 Å². The number of anilines is 1. The summed E-state index contributed by atoms with van der Waals surface area (Å²) in [6.45, 7) is 3.20. The van der Waals surface area contributed by atoms with E-state index in [4.69, 9.17) is 9.52 Å². The van der Waals surface area contributed by atoms with Crippen LogP contribution >= 0.6 is 0 Å². The number of carbonyl (C=O) groups is 1. The van der Waals surface area contributed by atoms with E-state index in [2.05, 4.69) is 35.4 Å². The first kappa shape index (κ1) is 21.5. The van der Waals surface area contributed by atoms with Crippen molar-refractivity contribution in [3.05, 3.63) is 59.8 Å². The summed E-state index contributed by atoms with van der Waals surface area (Å²) < 4.78 is 6.17. The summed E-state index contributed by atoms with van der Waals surface area (Å²) in [5.74, 6) is 2.99. The number of carboxylic acids is 1. The van der Waals surface area contributed by atoms with Crippen LogP contribution in [0.3, 0.4) is 0 Å². The minimum atomic E-state index is -0.936. The molecule has 0 unspecified atom stereocenters. The van der Waals surface area contributed by atoms with Gasteiger partial charge in [0.15, 0.2) is 5.76 Å². The lowest BCUT2D eigenvalue weighted by Gasteiger charge is -2.57. The van der Waals surface area contributed by atoms with E-state index in [0.29, 0.717) is 5.89 Å². The molecular formula is C29H32N2O3. The molecule has 0 amide bonds. The zero-order chi connectivity index (χ0) is 23.3. The summed E-state index contributed by atoms with van der Waals surface area (Å²) in [5.41, 5.74) is 5.15. The second-order valence-electron chi connectivity index (χ2n) is 10.8. The third kappa shape index (κ3) is 3.71. The Hall–Kier alpha value is -3.08. The molecule has 4 saturated carbocycles. The standard InChI is InChI=1S/C29H32N2O3/c1-2-9-30-25-8-7-23(13-24(25)29-14-18-10-19(15-29)12-20(11-18)16-29)26-17-31-27(34-26)21-3-5-22(6-4-21)28(32)33/h3-8,13,17-20,30H,2,9-12,14-16H2,1H3,(H,32,33). The lowest BCUT2D eigenvalue weighted by atomic mass is 9.48. The molecule has 5 nitrogen and oxygen atoms in total. The van der Waals surface area contributed by atoms with Crippen molar-refractivity contribution in [2.24, 2.45) is 17.8 Å². The molecule has 5 heteroatoms. The molecule has 34 heavy (non-hydrogen) atoms. The first-order chi connectivity index (χ1) is 16.5. The number of benzene rings is 2. The highest BCUT2D eigenvalue weighted by Crippen LogP contribution is 2.61. The Balaban J connectivity index is 1.35. The number of rotatable bonds is 7. The van der Waals surface area contributed by atoms with Crippen LogP contribution in [0.2, 0.25) is 0 Å². The van der Waals surface area contributed by atoms with Gasteiger partial charge < -0.3 is 14.8 Å². The summed E-state index contributed by atoms with van der Waals surface area (Å²) in [5, 5.41) is 12.9. The van der Waals surface area contributed by atoms with Crippen molar-refractivity contribution in [2.45, 2.75) is 57.3 Å². The predicted molar refractivity (Wildman–Crippen MR) is 133 cm³/mol. The first-order valence-electron chi connectivity index (χ1n) is 12.7. The Morgan fingerprint density at radius 2 is 1.68 bits per heavy atom. The highest BCUT2D eigenvalue weighted by molar-refractivity contribution is 5.88. The summed E-state index contributed by atoms with van der Waals surface area (Å²) in [4.78, 5) is 15.6. The van der Waals surface area contributed by atoms with Crippen LogP contribution in [0, 0.1) is 17.8 Å². The maximum Gasteiger partial charge on any atom is 0.335 e. The van der Waals surface area contributed by atoms with E-state index in [-0.39, 0.29) is 11.0 Å². The van der Waals surface area contributed by atoms with Crippen molar-refractivity contribution in [1.82, 2.24) is 4.98 Å². The van der Waals surface area contributed by atoms with E-state index < -0.39 is 5.97 Å². The molecule has 4 bridgehead atoms. The fourth-order valence-corrected chi connectivity index (χ4v) is 7.29. The quantitative estimate of drug-likeness (QED) is 0.400. The summed E-state index contributed by atoms with van der Waals surface area (Å²) in [7, 11) is 0. The van der Waals surface area contributed by atoms with Crippen LogP contribution in [0.15, 0.2) is 53.1 Å². The highest BCUT2D eigenvalue weighted by atomic mass is 16.4. The fourth-order valence-electron chi connectivity index (χ4n) is 7.29. The third-order valence-electron chi connectivity index (χ3n) is 8.36. The minimum absolute atomic E-state index is 0.255. The molecule has 2 aromatic carbocycles. The van der Waals surface area contributed by atoms with Gasteiger partial charge in [-0.25, -0.2) is 9.78 Å². The molecule has 0 radical (unpaired) electrons. The maximum atomic E-state index is 11.1. The molecule has 2 N–H and O–H groups in total. The lowest BCUT2D eigenvalue weighted by molar-refractivity contribution is -0.00485. The number of aromatic carboxylic acids is 1. The number of hydrogen-bond acceptors (Lipinski definition) is 4. The molecule has 0 spiro atoms. The number of aromatic nitrogens is 1. The number of hydrogen-bond donors (Lipinski definition) is 2. The van der Waals surface area contributed by atoms with Gasteiger partial charge in [-0.05, 0) is 116 Å². The topological polar surface area (TPSA) is 75.4 Å². The number of nitrogens with one attached hydrogen (secondary N) is 1. The van der Waals surface area contributed by atoms with E-state index in [0.717, 1.165) is 47.6 Å². The van der Waals surface area contributed by atoms with Gasteiger partial charge in [0.1, 0.15) is 0 Å². The number of carboxylic acid groups (broad SMARTS) is 1. The molecule has 0 saturated heterocycles. The van der Waals surface area contributed by atoms with Gasteiger partial charge in [-0.3, -0.25) is 0 Å². The van der Waals surface area contributed by atoms with E-state index in [9.17, 15) is 4.79 Å². The van der Waals surface area contributed by atoms with Crippen LogP contribution in [0.1, 0.15) is 67.8 Å². The van der Waals surface area contributed by atoms with Gasteiger partial charge in [0.2, 0.25) is 5.89 Å². The van der Waals surface area contributed by atoms with Gasteiger partial charge in [0, 0.05) is 23.4 Å². The Bertz CT molecular complexity index is 1180. The SMILES string of the molecule is CCCNc1ccc(-c2cnc(-c3ccc(C(=O)O)cc3)o2)cc1C12CC3CC(CC(C3)C1)C2. The summed E-state index contributed by atoms with van der Waals surface area (Å²) >= 11 is 0. The molecule has 0 aliphatic heterocycles. The Morgan fingerprint density at radius 1 is 1.03 bits per heavy atom. The third-order valence-corrected chi connectivity index (χ3v) is 8.36. The summed E-state index contributed by atoms with van der Waals surface area (Å²) in [6.07, 6.45) is 11.2. The van der Waals surface area contributed by atoms with Crippen molar-refractivity contribution in [1.29, 1.82) is 0 Å². The van der Waals surface area contributed by atoms with E-state index in [1.165, 1.54) is 49.8 Å². The van der Waals surface area contributed by atoms with Gasteiger partial charge >= 0.3 is 5.97 Å². The number of oxazole rings is 1. The largest absolute Gasteiger partial charge is 0.478 e. The average Bonchev–Trinajstić information content (AvgIpc) is 3.32. The van der Waals surface area contributed by atoms with Crippen molar-refractivity contribution in [3.63, 3.8) is 0 Å². The smallest absolute Gasteiger partial charge is 0.335 e. The Kier molecular flexibility index (Phi) is 5.23. The van der Waals surface area contributed by atoms with Gasteiger partial charge in [-0.1, -0.05) is 6.92 Å². The molecule has 176 valence electrons. The zero-order valence-electron chi connectivity index (χ0n) is 19.7. The molecule has 3 aromatic rings. The molecule has 4 fully saturated rings. The second-order valence-corrected chi connectivity index (χ2v) is 10.8. The zero-order valence-corrected chi connectivity index (χ0v) is 19.7. The summed E-state index contributed by atoms with van der Waals surface area (Å²) in [6, 6.07) is 13.4. The van der Waals surface area contributed by atoms with E-state index in [1.54, 1.807) is 30.5 Å². The monoisotopic (exact) mass is 456 g/mol. The average molecular weight is 457 g/mol. The molecular weight excluding hydrogens is 424 g/mol. The van der Waals surface area contributed by atoms with Crippen LogP contribution in [0.5, 0.6) is 0 Å². The highest BCUT2D eigenvalue weighted by Gasteiger charge is 2.52. The van der Waals surface area contributed by atoms with Gasteiger partial charge in [0.25, 0.3) is 0 Å². The molecule has 7 rings (SSSR count). The first-order valence-corrected chi connectivity index (χ1v) is 12.7. The molecule has 4 aliphatic rings. The maximum absolute atomic E-state index is 11.1. The minimum Gasteiger partial charge on any atom is -0.478 e. The fraction of sp³-hybridized carbons (Fsp3) is 0.448. The van der Waals surface area contributed by atoms with E-state index >= 15 is 0 Å². The second kappa shape index (κ2) is 8.30. The van der Waals surface area contributed by atoms with Crippen LogP contribution in [0.4, 0.5) is 5.69 Å². The van der Waals surface area contributed by atoms with Crippen molar-refractivity contribution < 1.29 is 14.3 Å². The van der Waals surface area contributed by atoms with Crippen molar-refractivity contribution >= 4 is 11.7 Å². The van der Waals surface area contributed by atoms with Crippen LogP contribution in [0.25, 0.3) is 22.8 Å². The van der Waals surface area contributed by atoms with Crippen molar-refractivity contribution in [3.8, 4) is 22.8 Å². The number of nitrogens with zero attached hydrogens (tertiary/aromatic N) is 1. The Morgan fingerprint density at radius 3 is 2.29 bits per heavy atom. The molecule has 4 aliphatic carbocycles. The predicted octanol–water partition coefficient (Wildman–Crippen LogP) is 7.00. The van der Waals surface area contributed by atoms with Crippen molar-refractivity contribution in [2.75, 3.05) is 11.9 Å². The van der Waals surface area contributed by atoms with Crippen LogP contribution in [-0.2, 0) is 5.41 Å². The van der Waals surface area contributed by atoms with Crippen LogP contribution in [-0.4, -0.2) is 22.6 Å². The van der Waals surface area contributed by atoms with Gasteiger partial charge in [-0.15, -0.1) is 0 Å². The van der Waals surface area contributed by atoms with Gasteiger partial charge in [0.05, 0.1) is 11.8 Å². The molecule has 1 aromatic heterocycles. The Labute approximate surface area is 200 Å². The van der Waals surface area contributed by atoms with Gasteiger partial charge in [-0.2, -0.15) is 0 Å². The molecule has 1 heterocycles. The lowest BCUT2D eigenvalue weighted by Crippen LogP contribution is -2.48. The van der Waals surface area contributed by atoms with E-state index in [1.807, 2.05) is 0 Å². The molecule has 0 atom stereocenters. The normalized spacial score (nSPS) is 27.1.